The number of benzene rings is 2. The number of carbonyl (C=O) groups is 3. The lowest BCUT2D eigenvalue weighted by molar-refractivity contribution is -0.138. The minimum absolute atomic E-state index is 0.127. The number of carboxylic acid groups (broad SMARTS) is 1. The standard InChI is InChI=1S/C21H19ClN2O5/c22-16-3-1-2-15(10-16)14-6-4-13(5-7-14)12-24-9-8-17(25)19(21(24)29)20(28)23-11-18(26)27/h1-7,10,25H,8-9,11-12H2,(H,23,28)(H,26,27). The first-order valence-corrected chi connectivity index (χ1v) is 9.29. The summed E-state index contributed by atoms with van der Waals surface area (Å²) in [6.07, 6.45) is 0.127. The molecule has 0 saturated heterocycles. The average molecular weight is 415 g/mol. The molecule has 0 unspecified atom stereocenters. The van der Waals surface area contributed by atoms with E-state index in [0.29, 0.717) is 5.02 Å². The van der Waals surface area contributed by atoms with E-state index < -0.39 is 29.9 Å². The Kier molecular flexibility index (Phi) is 6.19. The van der Waals surface area contributed by atoms with Gasteiger partial charge in [-0.15, -0.1) is 0 Å². The van der Waals surface area contributed by atoms with E-state index in [9.17, 15) is 19.5 Å². The van der Waals surface area contributed by atoms with Gasteiger partial charge in [-0.25, -0.2) is 0 Å². The van der Waals surface area contributed by atoms with E-state index in [1.807, 2.05) is 42.5 Å². The molecule has 2 amide bonds. The molecule has 0 bridgehead atoms. The maximum Gasteiger partial charge on any atom is 0.322 e. The summed E-state index contributed by atoms with van der Waals surface area (Å²) in [5.41, 5.74) is 2.40. The van der Waals surface area contributed by atoms with Crippen molar-refractivity contribution in [1.29, 1.82) is 0 Å². The van der Waals surface area contributed by atoms with Crippen LogP contribution in [0, 0.1) is 0 Å². The number of carboxylic acids is 1. The number of aliphatic hydroxyl groups is 1. The number of rotatable bonds is 6. The molecule has 0 aliphatic carbocycles. The molecule has 0 aromatic heterocycles. The minimum atomic E-state index is -1.24. The van der Waals surface area contributed by atoms with Crippen molar-refractivity contribution in [2.24, 2.45) is 0 Å². The van der Waals surface area contributed by atoms with E-state index in [1.54, 1.807) is 6.07 Å². The van der Waals surface area contributed by atoms with Crippen LogP contribution in [0.5, 0.6) is 0 Å². The van der Waals surface area contributed by atoms with Gasteiger partial charge in [0.15, 0.2) is 0 Å². The van der Waals surface area contributed by atoms with Gasteiger partial charge in [0.2, 0.25) is 0 Å². The number of carbonyl (C=O) groups excluding carboxylic acids is 2. The second-order valence-corrected chi connectivity index (χ2v) is 7.02. The van der Waals surface area contributed by atoms with Crippen LogP contribution in [0.15, 0.2) is 59.9 Å². The van der Waals surface area contributed by atoms with Crippen LogP contribution in [0.1, 0.15) is 12.0 Å². The van der Waals surface area contributed by atoms with Crippen LogP contribution in [0.4, 0.5) is 0 Å². The highest BCUT2D eigenvalue weighted by atomic mass is 35.5. The Morgan fingerprint density at radius 2 is 1.83 bits per heavy atom. The van der Waals surface area contributed by atoms with Gasteiger partial charge in [0.1, 0.15) is 17.9 Å². The van der Waals surface area contributed by atoms with Crippen molar-refractivity contribution in [3.8, 4) is 11.1 Å². The normalized spacial score (nSPS) is 14.1. The second-order valence-electron chi connectivity index (χ2n) is 6.58. The number of hydrogen-bond donors (Lipinski definition) is 3. The van der Waals surface area contributed by atoms with Crippen LogP contribution in [-0.2, 0) is 20.9 Å². The molecule has 29 heavy (non-hydrogen) atoms. The summed E-state index contributed by atoms with van der Waals surface area (Å²) in [7, 11) is 0. The molecule has 1 heterocycles. The summed E-state index contributed by atoms with van der Waals surface area (Å²) in [5, 5.41) is 21.4. The molecule has 1 aliphatic rings. The Morgan fingerprint density at radius 1 is 1.10 bits per heavy atom. The summed E-state index contributed by atoms with van der Waals surface area (Å²) in [4.78, 5) is 36.8. The van der Waals surface area contributed by atoms with Crippen LogP contribution < -0.4 is 5.32 Å². The molecule has 1 aliphatic heterocycles. The van der Waals surface area contributed by atoms with Gasteiger partial charge in [-0.1, -0.05) is 48.0 Å². The van der Waals surface area contributed by atoms with Gasteiger partial charge in [-0.3, -0.25) is 14.4 Å². The molecule has 3 rings (SSSR count). The Morgan fingerprint density at radius 3 is 2.48 bits per heavy atom. The van der Waals surface area contributed by atoms with Gasteiger partial charge in [-0.05, 0) is 28.8 Å². The summed E-state index contributed by atoms with van der Waals surface area (Å²) >= 11 is 6.03. The molecule has 0 spiro atoms. The maximum absolute atomic E-state index is 12.6. The monoisotopic (exact) mass is 414 g/mol. The van der Waals surface area contributed by atoms with E-state index in [2.05, 4.69) is 5.32 Å². The van der Waals surface area contributed by atoms with E-state index in [4.69, 9.17) is 16.7 Å². The van der Waals surface area contributed by atoms with Crippen molar-refractivity contribution in [1.82, 2.24) is 10.2 Å². The summed E-state index contributed by atoms with van der Waals surface area (Å²) in [5.74, 6) is -3.09. The fraction of sp³-hybridized carbons (Fsp3) is 0.190. The number of aliphatic hydroxyl groups excluding tert-OH is 1. The molecule has 2 aromatic rings. The van der Waals surface area contributed by atoms with Crippen molar-refractivity contribution in [2.45, 2.75) is 13.0 Å². The molecule has 7 nitrogen and oxygen atoms in total. The first-order chi connectivity index (χ1) is 13.8. The highest BCUT2D eigenvalue weighted by Gasteiger charge is 2.32. The quantitative estimate of drug-likeness (QED) is 0.630. The Balaban J connectivity index is 1.71. The largest absolute Gasteiger partial charge is 0.511 e. The summed E-state index contributed by atoms with van der Waals surface area (Å²) in [6.45, 7) is -0.109. The number of nitrogens with one attached hydrogen (secondary N) is 1. The molecule has 0 atom stereocenters. The van der Waals surface area contributed by atoms with Crippen molar-refractivity contribution in [2.75, 3.05) is 13.1 Å². The Hall–Kier alpha value is -3.32. The maximum atomic E-state index is 12.6. The predicted molar refractivity (Wildman–Crippen MR) is 107 cm³/mol. The van der Waals surface area contributed by atoms with Crippen LogP contribution in [0.2, 0.25) is 5.02 Å². The smallest absolute Gasteiger partial charge is 0.322 e. The topological polar surface area (TPSA) is 107 Å². The molecule has 150 valence electrons. The van der Waals surface area contributed by atoms with E-state index in [1.165, 1.54) is 4.90 Å². The third-order valence-electron chi connectivity index (χ3n) is 4.52. The first kappa shape index (κ1) is 20.4. The third-order valence-corrected chi connectivity index (χ3v) is 4.76. The second kappa shape index (κ2) is 8.79. The molecule has 0 fully saturated rings. The van der Waals surface area contributed by atoms with Gasteiger partial charge in [0.25, 0.3) is 11.8 Å². The lowest BCUT2D eigenvalue weighted by Crippen LogP contribution is -2.43. The zero-order valence-corrected chi connectivity index (χ0v) is 16.1. The lowest BCUT2D eigenvalue weighted by atomic mass is 10.0. The van der Waals surface area contributed by atoms with Crippen molar-refractivity contribution >= 4 is 29.4 Å². The van der Waals surface area contributed by atoms with Gasteiger partial charge in [0.05, 0.1) is 0 Å². The van der Waals surface area contributed by atoms with Gasteiger partial charge < -0.3 is 20.4 Å². The van der Waals surface area contributed by atoms with Crippen LogP contribution in [-0.4, -0.2) is 46.0 Å². The zero-order valence-electron chi connectivity index (χ0n) is 15.4. The van der Waals surface area contributed by atoms with Gasteiger partial charge in [-0.2, -0.15) is 0 Å². The van der Waals surface area contributed by atoms with E-state index in [0.717, 1.165) is 16.7 Å². The van der Waals surface area contributed by atoms with Gasteiger partial charge in [0, 0.05) is 24.5 Å². The van der Waals surface area contributed by atoms with E-state index in [-0.39, 0.29) is 25.3 Å². The first-order valence-electron chi connectivity index (χ1n) is 8.91. The van der Waals surface area contributed by atoms with Crippen LogP contribution in [0.3, 0.4) is 0 Å². The Labute approximate surface area is 172 Å². The minimum Gasteiger partial charge on any atom is -0.511 e. The molecular weight excluding hydrogens is 396 g/mol. The highest BCUT2D eigenvalue weighted by Crippen LogP contribution is 2.24. The van der Waals surface area contributed by atoms with Crippen LogP contribution >= 0.6 is 11.6 Å². The number of amides is 2. The SMILES string of the molecule is O=C(O)CNC(=O)C1=C(O)CCN(Cc2ccc(-c3cccc(Cl)c3)cc2)C1=O. The third kappa shape index (κ3) is 4.94. The number of nitrogens with zero attached hydrogens (tertiary/aromatic N) is 1. The van der Waals surface area contributed by atoms with Crippen molar-refractivity contribution in [3.05, 3.63) is 70.4 Å². The zero-order chi connectivity index (χ0) is 21.0. The molecule has 3 N–H and O–H groups in total. The predicted octanol–water partition coefficient (Wildman–Crippen LogP) is 2.75. The van der Waals surface area contributed by atoms with Gasteiger partial charge >= 0.3 is 5.97 Å². The highest BCUT2D eigenvalue weighted by molar-refractivity contribution is 6.30. The molecule has 2 aromatic carbocycles. The number of hydrogen-bond acceptors (Lipinski definition) is 4. The lowest BCUT2D eigenvalue weighted by Gasteiger charge is -2.28. The fourth-order valence-corrected chi connectivity index (χ4v) is 3.25. The fourth-order valence-electron chi connectivity index (χ4n) is 3.06. The summed E-state index contributed by atoms with van der Waals surface area (Å²) < 4.78 is 0. The number of aliphatic carboxylic acids is 1. The number of halogens is 1. The molecule has 8 heteroatoms. The molecule has 0 saturated carbocycles. The van der Waals surface area contributed by atoms with E-state index >= 15 is 0 Å². The Bertz CT molecular complexity index is 985. The summed E-state index contributed by atoms with van der Waals surface area (Å²) in [6, 6.07) is 15.1. The van der Waals surface area contributed by atoms with Crippen molar-refractivity contribution in [3.63, 3.8) is 0 Å². The molecule has 0 radical (unpaired) electrons. The molecular formula is C21H19ClN2O5. The van der Waals surface area contributed by atoms with Crippen molar-refractivity contribution < 1.29 is 24.6 Å². The van der Waals surface area contributed by atoms with Crippen LogP contribution in [0.25, 0.3) is 11.1 Å². The average Bonchev–Trinajstić information content (AvgIpc) is 2.69.